The van der Waals surface area contributed by atoms with E-state index in [0.29, 0.717) is 18.7 Å². The zero-order valence-electron chi connectivity index (χ0n) is 18.3. The van der Waals surface area contributed by atoms with Crippen LogP contribution in [-0.4, -0.2) is 17.9 Å². The number of nitrogens with zero attached hydrogens (tertiary/aromatic N) is 1. The summed E-state index contributed by atoms with van der Waals surface area (Å²) in [5, 5.41) is 3.16. The Balaban J connectivity index is 1.41. The van der Waals surface area contributed by atoms with Gasteiger partial charge in [0.2, 0.25) is 0 Å². The summed E-state index contributed by atoms with van der Waals surface area (Å²) in [5.74, 6) is 0.904. The maximum absolute atomic E-state index is 13.0. The van der Waals surface area contributed by atoms with Gasteiger partial charge < -0.3 is 9.73 Å². The van der Waals surface area contributed by atoms with Crippen molar-refractivity contribution in [1.29, 1.82) is 0 Å². The Kier molecular flexibility index (Phi) is 7.15. The summed E-state index contributed by atoms with van der Waals surface area (Å²) in [6.45, 7) is 1.45. The molecule has 4 rings (SSSR count). The summed E-state index contributed by atoms with van der Waals surface area (Å²) in [7, 11) is 2.04. The van der Waals surface area contributed by atoms with E-state index in [4.69, 9.17) is 4.42 Å². The first-order valence-corrected chi connectivity index (χ1v) is 10.9. The van der Waals surface area contributed by atoms with Crippen LogP contribution in [0.5, 0.6) is 0 Å². The Bertz CT molecular complexity index is 1110. The lowest BCUT2D eigenvalue weighted by molar-refractivity contribution is 0.0904. The first kappa shape index (κ1) is 21.6. The molecule has 0 bridgehead atoms. The van der Waals surface area contributed by atoms with Crippen LogP contribution in [-0.2, 0) is 19.5 Å². The van der Waals surface area contributed by atoms with Crippen molar-refractivity contribution in [3.63, 3.8) is 0 Å². The Morgan fingerprint density at radius 3 is 2.03 bits per heavy atom. The number of hydrogen-bond acceptors (Lipinski definition) is 3. The van der Waals surface area contributed by atoms with E-state index in [1.54, 1.807) is 6.07 Å². The fourth-order valence-electron chi connectivity index (χ4n) is 3.82. The Hall–Kier alpha value is -3.63. The van der Waals surface area contributed by atoms with Crippen molar-refractivity contribution in [2.75, 3.05) is 7.05 Å². The van der Waals surface area contributed by atoms with E-state index in [2.05, 4.69) is 34.5 Å². The number of carbonyl (C=O) groups is 1. The summed E-state index contributed by atoms with van der Waals surface area (Å²) >= 11 is 0. The summed E-state index contributed by atoms with van der Waals surface area (Å²) in [4.78, 5) is 15.2. The number of rotatable bonds is 9. The lowest BCUT2D eigenvalue weighted by Gasteiger charge is -2.19. The van der Waals surface area contributed by atoms with E-state index in [9.17, 15) is 4.79 Å². The second-order valence-electron chi connectivity index (χ2n) is 8.05. The first-order valence-electron chi connectivity index (χ1n) is 10.9. The zero-order chi connectivity index (χ0) is 22.2. The third-order valence-electron chi connectivity index (χ3n) is 5.40. The molecule has 3 aromatic carbocycles. The van der Waals surface area contributed by atoms with E-state index in [1.165, 1.54) is 11.1 Å². The lowest BCUT2D eigenvalue weighted by Crippen LogP contribution is -2.29. The van der Waals surface area contributed by atoms with E-state index in [-0.39, 0.29) is 11.9 Å². The molecule has 1 aromatic heterocycles. The van der Waals surface area contributed by atoms with Crippen molar-refractivity contribution < 1.29 is 9.21 Å². The van der Waals surface area contributed by atoms with Gasteiger partial charge in [0.05, 0.1) is 12.6 Å². The molecule has 0 aliphatic heterocycles. The van der Waals surface area contributed by atoms with Crippen molar-refractivity contribution in [3.05, 3.63) is 131 Å². The highest BCUT2D eigenvalue weighted by atomic mass is 16.4. The molecular formula is C28H28N2O2. The van der Waals surface area contributed by atoms with Crippen LogP contribution < -0.4 is 5.32 Å². The van der Waals surface area contributed by atoms with Gasteiger partial charge in [-0.15, -0.1) is 0 Å². The van der Waals surface area contributed by atoms with Gasteiger partial charge in [-0.05, 0) is 42.3 Å². The Morgan fingerprint density at radius 2 is 1.38 bits per heavy atom. The number of benzene rings is 3. The highest BCUT2D eigenvalue weighted by Gasteiger charge is 2.19. The van der Waals surface area contributed by atoms with Crippen molar-refractivity contribution >= 4 is 5.91 Å². The van der Waals surface area contributed by atoms with Gasteiger partial charge >= 0.3 is 0 Å². The monoisotopic (exact) mass is 424 g/mol. The van der Waals surface area contributed by atoms with Crippen molar-refractivity contribution in [2.45, 2.75) is 25.6 Å². The Labute approximate surface area is 189 Å². The molecule has 0 aliphatic carbocycles. The van der Waals surface area contributed by atoms with Crippen LogP contribution in [0, 0.1) is 0 Å². The highest BCUT2D eigenvalue weighted by Crippen LogP contribution is 2.20. The molecule has 32 heavy (non-hydrogen) atoms. The van der Waals surface area contributed by atoms with Gasteiger partial charge in [-0.3, -0.25) is 9.69 Å². The van der Waals surface area contributed by atoms with E-state index < -0.39 is 0 Å². The first-order chi connectivity index (χ1) is 15.7. The average Bonchev–Trinajstić information content (AvgIpc) is 3.29. The van der Waals surface area contributed by atoms with Crippen LogP contribution in [0.15, 0.2) is 108 Å². The van der Waals surface area contributed by atoms with E-state index >= 15 is 0 Å². The van der Waals surface area contributed by atoms with Crippen LogP contribution >= 0.6 is 0 Å². The van der Waals surface area contributed by atoms with Crippen molar-refractivity contribution in [3.8, 4) is 0 Å². The van der Waals surface area contributed by atoms with Crippen molar-refractivity contribution in [1.82, 2.24) is 10.2 Å². The third-order valence-corrected chi connectivity index (χ3v) is 5.40. The van der Waals surface area contributed by atoms with Gasteiger partial charge in [0.1, 0.15) is 5.76 Å². The van der Waals surface area contributed by atoms with Gasteiger partial charge in [-0.25, -0.2) is 0 Å². The molecule has 1 amide bonds. The Morgan fingerprint density at radius 1 is 0.781 bits per heavy atom. The molecule has 0 radical (unpaired) electrons. The van der Waals surface area contributed by atoms with Gasteiger partial charge in [-0.2, -0.15) is 0 Å². The molecule has 0 fully saturated rings. The van der Waals surface area contributed by atoms with Crippen LogP contribution in [0.3, 0.4) is 0 Å². The van der Waals surface area contributed by atoms with Crippen LogP contribution in [0.2, 0.25) is 0 Å². The SMILES string of the molecule is CN(Cc1ccccc1)Cc1ccc(C(=O)NC(Cc2ccccc2)c2ccccc2)o1. The van der Waals surface area contributed by atoms with Gasteiger partial charge in [-0.1, -0.05) is 91.0 Å². The minimum Gasteiger partial charge on any atom is -0.455 e. The average molecular weight is 425 g/mol. The molecule has 162 valence electrons. The molecule has 0 saturated heterocycles. The number of furan rings is 1. The quantitative estimate of drug-likeness (QED) is 0.379. The molecule has 0 spiro atoms. The number of amides is 1. The van der Waals surface area contributed by atoms with E-state index in [1.807, 2.05) is 79.8 Å². The summed E-state index contributed by atoms with van der Waals surface area (Å²) < 4.78 is 5.89. The minimum absolute atomic E-state index is 0.139. The standard InChI is InChI=1S/C28H28N2O2/c1-30(20-23-13-7-3-8-14-23)21-25-17-18-27(32-25)28(31)29-26(24-15-9-4-10-16-24)19-22-11-5-2-6-12-22/h2-18,26H,19-21H2,1H3,(H,29,31). The van der Waals surface area contributed by atoms with Crippen molar-refractivity contribution in [2.24, 2.45) is 0 Å². The molecule has 1 heterocycles. The topological polar surface area (TPSA) is 45.5 Å². The van der Waals surface area contributed by atoms with E-state index in [0.717, 1.165) is 17.9 Å². The zero-order valence-corrected chi connectivity index (χ0v) is 18.3. The molecule has 4 nitrogen and oxygen atoms in total. The second kappa shape index (κ2) is 10.6. The molecule has 1 unspecified atom stereocenters. The van der Waals surface area contributed by atoms with Gasteiger partial charge in [0.25, 0.3) is 5.91 Å². The lowest BCUT2D eigenvalue weighted by atomic mass is 9.99. The molecular weight excluding hydrogens is 396 g/mol. The fraction of sp³-hybridized carbons (Fsp3) is 0.179. The van der Waals surface area contributed by atoms with Gasteiger partial charge in [0, 0.05) is 6.54 Å². The third kappa shape index (κ3) is 5.96. The molecule has 1 atom stereocenters. The molecule has 4 aromatic rings. The maximum atomic E-state index is 13.0. The maximum Gasteiger partial charge on any atom is 0.287 e. The normalized spacial score (nSPS) is 11.9. The smallest absolute Gasteiger partial charge is 0.287 e. The predicted octanol–water partition coefficient (Wildman–Crippen LogP) is 5.63. The van der Waals surface area contributed by atoms with Crippen LogP contribution in [0.4, 0.5) is 0 Å². The predicted molar refractivity (Wildman–Crippen MR) is 127 cm³/mol. The molecule has 1 N–H and O–H groups in total. The summed E-state index contributed by atoms with van der Waals surface area (Å²) in [6, 6.07) is 34.0. The van der Waals surface area contributed by atoms with Crippen LogP contribution in [0.25, 0.3) is 0 Å². The number of nitrogens with one attached hydrogen (secondary N) is 1. The second-order valence-corrected chi connectivity index (χ2v) is 8.05. The number of hydrogen-bond donors (Lipinski definition) is 1. The molecule has 0 saturated carbocycles. The summed E-state index contributed by atoms with van der Waals surface area (Å²) in [6.07, 6.45) is 0.712. The highest BCUT2D eigenvalue weighted by molar-refractivity contribution is 5.91. The largest absolute Gasteiger partial charge is 0.455 e. The minimum atomic E-state index is -0.202. The molecule has 4 heteroatoms. The number of carbonyl (C=O) groups excluding carboxylic acids is 1. The fourth-order valence-corrected chi connectivity index (χ4v) is 3.82. The summed E-state index contributed by atoms with van der Waals surface area (Å²) in [5.41, 5.74) is 3.48. The molecule has 0 aliphatic rings. The van der Waals surface area contributed by atoms with Gasteiger partial charge in [0.15, 0.2) is 5.76 Å². The van der Waals surface area contributed by atoms with Crippen LogP contribution in [0.1, 0.15) is 39.0 Å².